The number of esters is 1. The fourth-order valence-corrected chi connectivity index (χ4v) is 3.72. The first-order valence-corrected chi connectivity index (χ1v) is 11.4. The number of para-hydroxylation sites is 1. The number of nitrogens with one attached hydrogen (secondary N) is 1. The molecule has 0 amide bonds. The highest BCUT2D eigenvalue weighted by Crippen LogP contribution is 2.22. The number of carbonyl (C=O) groups excluding carboxylic acids is 1. The lowest BCUT2D eigenvalue weighted by Gasteiger charge is -2.10. The van der Waals surface area contributed by atoms with E-state index in [4.69, 9.17) is 4.74 Å². The van der Waals surface area contributed by atoms with E-state index < -0.39 is 20.9 Å². The average Bonchev–Trinajstić information content (AvgIpc) is 2.83. The number of aryl methyl sites for hydroxylation is 1. The van der Waals surface area contributed by atoms with Gasteiger partial charge in [0.25, 0.3) is 15.7 Å². The molecule has 0 heterocycles. The first-order chi connectivity index (χ1) is 16.2. The molecule has 1 N–H and O–H groups in total. The van der Waals surface area contributed by atoms with Crippen LogP contribution >= 0.6 is 0 Å². The second-order valence-electron chi connectivity index (χ2n) is 7.07. The number of rotatable bonds is 9. The van der Waals surface area contributed by atoms with Gasteiger partial charge in [-0.2, -0.15) is 13.5 Å². The number of sulfonamides is 1. The Hall–Kier alpha value is -4.25. The third-order valence-electron chi connectivity index (χ3n) is 4.75. The van der Waals surface area contributed by atoms with Crippen LogP contribution in [-0.2, 0) is 21.4 Å². The molecule has 0 saturated heterocycles. The quantitative estimate of drug-likeness (QED) is 0.212. The number of nitrogens with zero attached hydrogens (tertiary/aromatic N) is 2. The van der Waals surface area contributed by atoms with Gasteiger partial charge >= 0.3 is 5.97 Å². The molecule has 0 aromatic heterocycles. The van der Waals surface area contributed by atoms with Gasteiger partial charge in [-0.25, -0.2) is 9.63 Å². The highest BCUT2D eigenvalue weighted by Gasteiger charge is 2.19. The number of nitro benzene ring substituents is 1. The van der Waals surface area contributed by atoms with Gasteiger partial charge in [0.2, 0.25) is 0 Å². The number of ether oxygens (including phenoxy) is 2. The molecular weight excluding hydrogens is 462 g/mol. The molecule has 0 aliphatic carbocycles. The number of methoxy groups -OCH3 is 1. The zero-order valence-corrected chi connectivity index (χ0v) is 19.1. The number of carbonyl (C=O) groups is 1. The van der Waals surface area contributed by atoms with Crippen molar-refractivity contribution in [3.05, 3.63) is 99.1 Å². The number of hydrazone groups is 1. The van der Waals surface area contributed by atoms with Gasteiger partial charge in [-0.1, -0.05) is 30.3 Å². The Morgan fingerprint density at radius 1 is 1.12 bits per heavy atom. The Balaban J connectivity index is 1.70. The molecule has 176 valence electrons. The molecule has 0 aliphatic heterocycles. The van der Waals surface area contributed by atoms with E-state index in [1.54, 1.807) is 48.5 Å². The standard InChI is InChI=1S/C23H21N3O7S/c1-16-7-12-20(13-21(16)26(28)29)34(30,31)25-24-14-19-5-3-4-6-22(19)33-15-17-8-10-18(11-9-17)23(27)32-2/h3-14,25H,15H2,1-2H3/b24-14+. The second kappa shape index (κ2) is 10.6. The maximum atomic E-state index is 12.5. The zero-order chi connectivity index (χ0) is 24.7. The molecule has 3 aromatic carbocycles. The maximum absolute atomic E-state index is 12.5. The Morgan fingerprint density at radius 2 is 1.82 bits per heavy atom. The predicted octanol–water partition coefficient (Wildman–Crippen LogP) is 3.58. The Labute approximate surface area is 196 Å². The van der Waals surface area contributed by atoms with E-state index >= 15 is 0 Å². The first kappa shape index (κ1) is 24.4. The van der Waals surface area contributed by atoms with Crippen molar-refractivity contribution in [1.82, 2.24) is 4.83 Å². The van der Waals surface area contributed by atoms with Gasteiger partial charge in [-0.3, -0.25) is 10.1 Å². The largest absolute Gasteiger partial charge is 0.488 e. The van der Waals surface area contributed by atoms with Gasteiger partial charge < -0.3 is 9.47 Å². The third-order valence-corrected chi connectivity index (χ3v) is 5.97. The molecule has 11 heteroatoms. The van der Waals surface area contributed by atoms with Crippen LogP contribution in [-0.4, -0.2) is 32.6 Å². The molecule has 0 saturated carbocycles. The Kier molecular flexibility index (Phi) is 7.59. The topological polar surface area (TPSA) is 137 Å². The van der Waals surface area contributed by atoms with Crippen LogP contribution in [0.3, 0.4) is 0 Å². The highest BCUT2D eigenvalue weighted by atomic mass is 32.2. The van der Waals surface area contributed by atoms with E-state index in [2.05, 4.69) is 14.7 Å². The predicted molar refractivity (Wildman–Crippen MR) is 124 cm³/mol. The molecule has 0 bridgehead atoms. The molecule has 0 radical (unpaired) electrons. The minimum absolute atomic E-state index is 0.199. The maximum Gasteiger partial charge on any atom is 0.337 e. The summed E-state index contributed by atoms with van der Waals surface area (Å²) in [5.41, 5.74) is 1.78. The highest BCUT2D eigenvalue weighted by molar-refractivity contribution is 7.89. The summed E-state index contributed by atoms with van der Waals surface area (Å²) in [5.74, 6) is 0.0187. The van der Waals surface area contributed by atoms with Gasteiger partial charge in [0.1, 0.15) is 12.4 Å². The molecule has 0 atom stereocenters. The molecule has 0 aliphatic rings. The molecule has 34 heavy (non-hydrogen) atoms. The summed E-state index contributed by atoms with van der Waals surface area (Å²) in [7, 11) is -2.81. The lowest BCUT2D eigenvalue weighted by Crippen LogP contribution is -2.18. The molecule has 0 unspecified atom stereocenters. The smallest absolute Gasteiger partial charge is 0.337 e. The fraction of sp³-hybridized carbons (Fsp3) is 0.130. The van der Waals surface area contributed by atoms with Crippen LogP contribution in [0.5, 0.6) is 5.75 Å². The normalized spacial score (nSPS) is 11.2. The first-order valence-electron chi connectivity index (χ1n) is 9.90. The summed E-state index contributed by atoms with van der Waals surface area (Å²) in [6, 6.07) is 17.2. The Morgan fingerprint density at radius 3 is 2.50 bits per heavy atom. The van der Waals surface area contributed by atoms with Crippen molar-refractivity contribution >= 4 is 27.9 Å². The van der Waals surface area contributed by atoms with Gasteiger partial charge in [0.05, 0.1) is 28.7 Å². The summed E-state index contributed by atoms with van der Waals surface area (Å²) in [4.78, 5) is 23.7. The fourth-order valence-electron chi connectivity index (χ4n) is 2.91. The number of hydrogen-bond acceptors (Lipinski definition) is 8. The average molecular weight is 484 g/mol. The molecule has 0 spiro atoms. The van der Waals surface area contributed by atoms with E-state index in [9.17, 15) is 23.3 Å². The van der Waals surface area contributed by atoms with Crippen molar-refractivity contribution in [3.8, 4) is 5.75 Å². The van der Waals surface area contributed by atoms with Gasteiger partial charge in [-0.15, -0.1) is 0 Å². The van der Waals surface area contributed by atoms with E-state index in [0.717, 1.165) is 11.6 Å². The van der Waals surface area contributed by atoms with Crippen LogP contribution < -0.4 is 9.57 Å². The van der Waals surface area contributed by atoms with E-state index in [-0.39, 0.29) is 17.2 Å². The molecule has 10 nitrogen and oxygen atoms in total. The van der Waals surface area contributed by atoms with Gasteiger partial charge in [0.15, 0.2) is 0 Å². The lowest BCUT2D eigenvalue weighted by molar-refractivity contribution is -0.385. The summed E-state index contributed by atoms with van der Waals surface area (Å²) < 4.78 is 35.5. The minimum Gasteiger partial charge on any atom is -0.488 e. The van der Waals surface area contributed by atoms with Crippen LogP contribution in [0, 0.1) is 17.0 Å². The molecule has 0 fully saturated rings. The van der Waals surface area contributed by atoms with Crippen LogP contribution in [0.15, 0.2) is 76.7 Å². The number of hydrogen-bond donors (Lipinski definition) is 1. The minimum atomic E-state index is -4.12. The number of nitro groups is 1. The summed E-state index contributed by atoms with van der Waals surface area (Å²) in [6.07, 6.45) is 1.27. The number of benzene rings is 3. The van der Waals surface area contributed by atoms with E-state index in [0.29, 0.717) is 22.4 Å². The second-order valence-corrected chi connectivity index (χ2v) is 8.73. The lowest BCUT2D eigenvalue weighted by atomic mass is 10.1. The Bertz CT molecular complexity index is 1340. The van der Waals surface area contributed by atoms with Crippen LogP contribution in [0.4, 0.5) is 5.69 Å². The van der Waals surface area contributed by atoms with Crippen LogP contribution in [0.2, 0.25) is 0 Å². The van der Waals surface area contributed by atoms with Crippen molar-refractivity contribution in [2.24, 2.45) is 5.10 Å². The zero-order valence-electron chi connectivity index (χ0n) is 18.3. The molecule has 3 rings (SSSR count). The summed E-state index contributed by atoms with van der Waals surface area (Å²) in [6.45, 7) is 1.72. The molecule has 3 aromatic rings. The van der Waals surface area contributed by atoms with Crippen LogP contribution in [0.25, 0.3) is 0 Å². The van der Waals surface area contributed by atoms with E-state index in [1.165, 1.54) is 32.4 Å². The van der Waals surface area contributed by atoms with Crippen molar-refractivity contribution in [3.63, 3.8) is 0 Å². The third kappa shape index (κ3) is 5.95. The van der Waals surface area contributed by atoms with Crippen molar-refractivity contribution in [1.29, 1.82) is 0 Å². The monoisotopic (exact) mass is 483 g/mol. The van der Waals surface area contributed by atoms with Gasteiger partial charge in [-0.05, 0) is 42.8 Å². The van der Waals surface area contributed by atoms with Crippen LogP contribution in [0.1, 0.15) is 27.0 Å². The van der Waals surface area contributed by atoms with E-state index in [1.807, 2.05) is 0 Å². The van der Waals surface area contributed by atoms with Gasteiger partial charge in [0, 0.05) is 17.2 Å². The summed E-state index contributed by atoms with van der Waals surface area (Å²) in [5, 5.41) is 14.9. The molecular formula is C23H21N3O7S. The van der Waals surface area contributed by atoms with Crippen molar-refractivity contribution in [2.45, 2.75) is 18.4 Å². The van der Waals surface area contributed by atoms with Crippen molar-refractivity contribution < 1.29 is 27.6 Å². The SMILES string of the molecule is COC(=O)c1ccc(COc2ccccc2/C=N/NS(=O)(=O)c2ccc(C)c([N+](=O)[O-])c2)cc1. The van der Waals surface area contributed by atoms with Crippen molar-refractivity contribution in [2.75, 3.05) is 7.11 Å². The summed E-state index contributed by atoms with van der Waals surface area (Å²) >= 11 is 0.